The van der Waals surface area contributed by atoms with Gasteiger partial charge in [-0.2, -0.15) is 0 Å². The highest BCUT2D eigenvalue weighted by molar-refractivity contribution is 6.35. The minimum Gasteiger partial charge on any atom is -0.444 e. The van der Waals surface area contributed by atoms with Crippen molar-refractivity contribution in [3.05, 3.63) is 34.7 Å². The van der Waals surface area contributed by atoms with Crippen LogP contribution in [-0.2, 0) is 11.3 Å². The van der Waals surface area contributed by atoms with Gasteiger partial charge in [0.2, 0.25) is 0 Å². The van der Waals surface area contributed by atoms with Crippen LogP contribution < -0.4 is 5.32 Å². The van der Waals surface area contributed by atoms with E-state index in [2.05, 4.69) is 10.3 Å². The van der Waals surface area contributed by atoms with Gasteiger partial charge in [0.25, 0.3) is 0 Å². The van der Waals surface area contributed by atoms with Crippen molar-refractivity contribution in [3.63, 3.8) is 0 Å². The molecule has 6 heteroatoms. The Hall–Kier alpha value is -1.75. The number of aromatic amines is 1. The molecular formula is C14H16ClFN2O2. The molecule has 0 aliphatic rings. The van der Waals surface area contributed by atoms with Crippen molar-refractivity contribution in [2.24, 2.45) is 0 Å². The smallest absolute Gasteiger partial charge is 0.407 e. The molecule has 0 atom stereocenters. The lowest BCUT2D eigenvalue weighted by Crippen LogP contribution is -2.32. The molecule has 2 N–H and O–H groups in total. The lowest BCUT2D eigenvalue weighted by atomic mass is 10.1. The first-order chi connectivity index (χ1) is 9.28. The zero-order valence-electron chi connectivity index (χ0n) is 11.5. The number of halogens is 2. The molecule has 0 saturated carbocycles. The summed E-state index contributed by atoms with van der Waals surface area (Å²) in [4.78, 5) is 14.4. The largest absolute Gasteiger partial charge is 0.444 e. The summed E-state index contributed by atoms with van der Waals surface area (Å²) in [6.07, 6.45) is 0.942. The highest BCUT2D eigenvalue weighted by atomic mass is 35.5. The second-order valence-electron chi connectivity index (χ2n) is 5.45. The van der Waals surface area contributed by atoms with Gasteiger partial charge in [0.1, 0.15) is 11.4 Å². The lowest BCUT2D eigenvalue weighted by molar-refractivity contribution is 0.0523. The monoisotopic (exact) mass is 298 g/mol. The maximum atomic E-state index is 14.3. The van der Waals surface area contributed by atoms with E-state index in [-0.39, 0.29) is 6.54 Å². The summed E-state index contributed by atoms with van der Waals surface area (Å²) >= 11 is 5.92. The summed E-state index contributed by atoms with van der Waals surface area (Å²) in [7, 11) is 0. The number of nitrogens with one attached hydrogen (secondary N) is 2. The number of aromatic nitrogens is 1. The summed E-state index contributed by atoms with van der Waals surface area (Å²) in [6, 6.07) is 3.32. The molecule has 1 aromatic carbocycles. The average Bonchev–Trinajstić information content (AvgIpc) is 2.68. The van der Waals surface area contributed by atoms with Crippen molar-refractivity contribution >= 4 is 28.6 Å². The van der Waals surface area contributed by atoms with Gasteiger partial charge in [0, 0.05) is 23.8 Å². The van der Waals surface area contributed by atoms with Crippen LogP contribution in [0.5, 0.6) is 0 Å². The molecule has 0 aliphatic heterocycles. The molecule has 20 heavy (non-hydrogen) atoms. The molecule has 0 bridgehead atoms. The van der Waals surface area contributed by atoms with E-state index < -0.39 is 17.5 Å². The summed E-state index contributed by atoms with van der Waals surface area (Å²) in [5, 5.41) is 3.16. The van der Waals surface area contributed by atoms with Crippen LogP contribution in [0.3, 0.4) is 0 Å². The lowest BCUT2D eigenvalue weighted by Gasteiger charge is -2.19. The molecule has 0 aliphatic carbocycles. The van der Waals surface area contributed by atoms with Gasteiger partial charge in [-0.25, -0.2) is 9.18 Å². The van der Waals surface area contributed by atoms with Gasteiger partial charge in [-0.05, 0) is 26.8 Å². The maximum absolute atomic E-state index is 14.3. The first-order valence-electron chi connectivity index (χ1n) is 6.19. The van der Waals surface area contributed by atoms with Gasteiger partial charge in [-0.3, -0.25) is 0 Å². The standard InChI is InChI=1S/C14H16ClFN2O2/c1-14(2,3)20-13(19)18-6-8-4-5-10-11(12(8)16)9(15)7-17-10/h4-5,7,17H,6H2,1-3H3,(H,18,19). The van der Waals surface area contributed by atoms with Crippen molar-refractivity contribution in [2.75, 3.05) is 0 Å². The highest BCUT2D eigenvalue weighted by Gasteiger charge is 2.17. The molecule has 2 aromatic rings. The third-order valence-electron chi connectivity index (χ3n) is 2.64. The van der Waals surface area contributed by atoms with Crippen LogP contribution >= 0.6 is 11.6 Å². The van der Waals surface area contributed by atoms with Crippen LogP contribution in [0.1, 0.15) is 26.3 Å². The van der Waals surface area contributed by atoms with Gasteiger partial charge in [0.15, 0.2) is 0 Å². The second kappa shape index (κ2) is 5.32. The Morgan fingerprint density at radius 2 is 2.15 bits per heavy atom. The van der Waals surface area contributed by atoms with Crippen LogP contribution in [0.25, 0.3) is 10.9 Å². The number of hydrogen-bond donors (Lipinski definition) is 2. The Labute approximate surface area is 121 Å². The Morgan fingerprint density at radius 1 is 1.45 bits per heavy atom. The third kappa shape index (κ3) is 3.22. The van der Waals surface area contributed by atoms with Crippen molar-refractivity contribution < 1.29 is 13.9 Å². The number of rotatable bonds is 2. The van der Waals surface area contributed by atoms with Crippen molar-refractivity contribution in [2.45, 2.75) is 32.9 Å². The number of ether oxygens (including phenoxy) is 1. The third-order valence-corrected chi connectivity index (χ3v) is 2.94. The Balaban J connectivity index is 2.12. The van der Waals surface area contributed by atoms with Gasteiger partial charge in [0.05, 0.1) is 10.4 Å². The number of amides is 1. The molecule has 1 amide bonds. The normalized spacial score (nSPS) is 11.7. The zero-order chi connectivity index (χ0) is 14.9. The quantitative estimate of drug-likeness (QED) is 0.881. The van der Waals surface area contributed by atoms with Crippen LogP contribution in [0.4, 0.5) is 9.18 Å². The molecule has 0 spiro atoms. The van der Waals surface area contributed by atoms with Gasteiger partial charge >= 0.3 is 6.09 Å². The molecule has 0 radical (unpaired) electrons. The van der Waals surface area contributed by atoms with E-state index in [0.29, 0.717) is 21.5 Å². The number of carbonyl (C=O) groups is 1. The van der Waals surface area contributed by atoms with E-state index in [1.165, 1.54) is 6.20 Å². The van der Waals surface area contributed by atoms with Crippen LogP contribution in [0.2, 0.25) is 5.02 Å². The van der Waals surface area contributed by atoms with Crippen molar-refractivity contribution in [1.82, 2.24) is 10.3 Å². The number of benzene rings is 1. The number of fused-ring (bicyclic) bond motifs is 1. The average molecular weight is 299 g/mol. The van der Waals surface area contributed by atoms with Crippen molar-refractivity contribution in [3.8, 4) is 0 Å². The number of H-pyrrole nitrogens is 1. The predicted octanol–water partition coefficient (Wildman–Crippen LogP) is 3.99. The molecular weight excluding hydrogens is 283 g/mol. The minimum atomic E-state index is -0.587. The van der Waals surface area contributed by atoms with Crippen molar-refractivity contribution in [1.29, 1.82) is 0 Å². The Kier molecular flexibility index (Phi) is 3.90. The second-order valence-corrected chi connectivity index (χ2v) is 5.86. The Bertz CT molecular complexity index is 646. The zero-order valence-corrected chi connectivity index (χ0v) is 12.3. The molecule has 0 fully saturated rings. The van der Waals surface area contributed by atoms with Crippen LogP contribution in [-0.4, -0.2) is 16.7 Å². The van der Waals surface area contributed by atoms with E-state index >= 15 is 0 Å². The van der Waals surface area contributed by atoms with E-state index in [9.17, 15) is 9.18 Å². The molecule has 1 heterocycles. The maximum Gasteiger partial charge on any atom is 0.407 e. The summed E-state index contributed by atoms with van der Waals surface area (Å²) in [5.74, 6) is -0.440. The molecule has 0 saturated heterocycles. The summed E-state index contributed by atoms with van der Waals surface area (Å²) in [6.45, 7) is 5.33. The van der Waals surface area contributed by atoms with E-state index in [4.69, 9.17) is 16.3 Å². The Morgan fingerprint density at radius 3 is 2.80 bits per heavy atom. The summed E-state index contributed by atoms with van der Waals surface area (Å²) < 4.78 is 19.3. The highest BCUT2D eigenvalue weighted by Crippen LogP contribution is 2.27. The van der Waals surface area contributed by atoms with Gasteiger partial charge in [-0.1, -0.05) is 17.7 Å². The molecule has 0 unspecified atom stereocenters. The topological polar surface area (TPSA) is 54.1 Å². The first kappa shape index (κ1) is 14.7. The number of carbonyl (C=O) groups excluding carboxylic acids is 1. The fraction of sp³-hybridized carbons (Fsp3) is 0.357. The molecule has 1 aromatic heterocycles. The van der Waals surface area contributed by atoms with E-state index in [1.54, 1.807) is 32.9 Å². The summed E-state index contributed by atoms with van der Waals surface area (Å²) in [5.41, 5.74) is 0.384. The van der Waals surface area contributed by atoms with Gasteiger partial charge in [-0.15, -0.1) is 0 Å². The molecule has 2 rings (SSSR count). The van der Waals surface area contributed by atoms with E-state index in [0.717, 1.165) is 0 Å². The number of alkyl carbamates (subject to hydrolysis) is 1. The fourth-order valence-corrected chi connectivity index (χ4v) is 2.04. The van der Waals surface area contributed by atoms with E-state index in [1.807, 2.05) is 0 Å². The number of hydrogen-bond acceptors (Lipinski definition) is 2. The predicted molar refractivity (Wildman–Crippen MR) is 76.3 cm³/mol. The molecule has 4 nitrogen and oxygen atoms in total. The van der Waals surface area contributed by atoms with Crippen LogP contribution in [0.15, 0.2) is 18.3 Å². The van der Waals surface area contributed by atoms with Gasteiger partial charge < -0.3 is 15.0 Å². The SMILES string of the molecule is CC(C)(C)OC(=O)NCc1ccc2[nH]cc(Cl)c2c1F. The minimum absolute atomic E-state index is 0.0399. The van der Waals surface area contributed by atoms with Crippen LogP contribution in [0, 0.1) is 5.82 Å². The first-order valence-corrected chi connectivity index (χ1v) is 6.56. The fourth-order valence-electron chi connectivity index (χ4n) is 1.80. The molecule has 108 valence electrons.